The Bertz CT molecular complexity index is 85.1. The van der Waals surface area contributed by atoms with Crippen molar-refractivity contribution in [1.82, 2.24) is 0 Å². The first-order valence-corrected chi connectivity index (χ1v) is 13.3. The minimum absolute atomic E-state index is 0.844. The topological polar surface area (TPSA) is 18.5 Å². The third-order valence-electron chi connectivity index (χ3n) is 0.816. The molecule has 15 heavy (non-hydrogen) atoms. The van der Waals surface area contributed by atoms with Crippen molar-refractivity contribution in [2.24, 2.45) is 0 Å². The van der Waals surface area contributed by atoms with E-state index in [2.05, 4.69) is 0 Å². The van der Waals surface area contributed by atoms with Crippen LogP contribution >= 0.6 is 37.2 Å². The summed E-state index contributed by atoms with van der Waals surface area (Å²) in [6, 6.07) is 0. The standard InChI is InChI=1S/2C4H10O.4ClH.Ti/c2*1-3-5-4-2;;;;;/h2*3-4H2,1-2H3;4*1H;/q;;;;;;+4/p-4. The molecule has 0 N–H and O–H groups in total. The Morgan fingerprint density at radius 2 is 0.800 bits per heavy atom. The number of hydrogen-bond donors (Lipinski definition) is 0. The zero-order valence-electron chi connectivity index (χ0n) is 9.66. The molecule has 2 nitrogen and oxygen atoms in total. The first-order chi connectivity index (χ1) is 6.83. The second-order valence-corrected chi connectivity index (χ2v) is 17.5. The van der Waals surface area contributed by atoms with Crippen LogP contribution in [-0.4, -0.2) is 26.4 Å². The van der Waals surface area contributed by atoms with E-state index in [0.717, 1.165) is 26.4 Å². The molecule has 0 amide bonds. The third-order valence-corrected chi connectivity index (χ3v) is 0.816. The van der Waals surface area contributed by atoms with Crippen molar-refractivity contribution < 1.29 is 21.8 Å². The van der Waals surface area contributed by atoms with E-state index in [1.807, 2.05) is 27.7 Å². The van der Waals surface area contributed by atoms with E-state index in [1.165, 1.54) is 0 Å². The van der Waals surface area contributed by atoms with Crippen LogP contribution in [0.25, 0.3) is 0 Å². The van der Waals surface area contributed by atoms with Crippen LogP contribution in [0.4, 0.5) is 0 Å². The van der Waals surface area contributed by atoms with Crippen molar-refractivity contribution in [3.63, 3.8) is 0 Å². The fraction of sp³-hybridized carbons (Fsp3) is 1.00. The molecule has 0 aliphatic carbocycles. The fourth-order valence-electron chi connectivity index (χ4n) is 0.408. The van der Waals surface area contributed by atoms with Gasteiger partial charge in [-0.1, -0.05) is 0 Å². The Labute approximate surface area is 112 Å². The van der Waals surface area contributed by atoms with Crippen molar-refractivity contribution in [2.75, 3.05) is 26.4 Å². The van der Waals surface area contributed by atoms with Crippen LogP contribution in [0, 0.1) is 0 Å². The second kappa shape index (κ2) is 18.2. The van der Waals surface area contributed by atoms with Gasteiger partial charge in [0.2, 0.25) is 0 Å². The average Bonchev–Trinajstić information content (AvgIpc) is 2.05. The summed E-state index contributed by atoms with van der Waals surface area (Å²) in [4.78, 5) is 0. The summed E-state index contributed by atoms with van der Waals surface area (Å²) in [6.07, 6.45) is 0. The molecule has 0 aromatic carbocycles. The van der Waals surface area contributed by atoms with Crippen LogP contribution in [0.2, 0.25) is 0 Å². The zero-order valence-corrected chi connectivity index (χ0v) is 14.2. The number of halogens is 4. The molecule has 7 heteroatoms. The van der Waals surface area contributed by atoms with Gasteiger partial charge in [0.15, 0.2) is 0 Å². The molecule has 0 radical (unpaired) electrons. The Morgan fingerprint density at radius 1 is 0.667 bits per heavy atom. The van der Waals surface area contributed by atoms with E-state index in [4.69, 9.17) is 46.7 Å². The Morgan fingerprint density at radius 3 is 0.800 bits per heavy atom. The van der Waals surface area contributed by atoms with Crippen LogP contribution in [-0.2, 0) is 21.8 Å². The second-order valence-electron chi connectivity index (χ2n) is 1.99. The normalized spacial score (nSPS) is 9.60. The maximum absolute atomic E-state index is 5.01. The zero-order chi connectivity index (χ0) is 12.7. The number of ether oxygens (including phenoxy) is 2. The van der Waals surface area contributed by atoms with E-state index in [0.29, 0.717) is 0 Å². The van der Waals surface area contributed by atoms with E-state index >= 15 is 0 Å². The van der Waals surface area contributed by atoms with Gasteiger partial charge in [0, 0.05) is 26.4 Å². The third kappa shape index (κ3) is 89.5. The molecule has 0 aromatic rings. The monoisotopic (exact) mass is 336 g/mol. The predicted molar refractivity (Wildman–Crippen MR) is 67.7 cm³/mol. The summed E-state index contributed by atoms with van der Waals surface area (Å²) < 4.78 is 9.67. The van der Waals surface area contributed by atoms with Gasteiger partial charge in [-0.05, 0) is 27.7 Å². The summed E-state index contributed by atoms with van der Waals surface area (Å²) in [5, 5.41) is 0. The molecular weight excluding hydrogens is 318 g/mol. The van der Waals surface area contributed by atoms with Gasteiger partial charge < -0.3 is 9.47 Å². The van der Waals surface area contributed by atoms with Crippen molar-refractivity contribution in [3.8, 4) is 0 Å². The van der Waals surface area contributed by atoms with Crippen molar-refractivity contribution in [2.45, 2.75) is 27.7 Å². The van der Waals surface area contributed by atoms with Gasteiger partial charge in [0.25, 0.3) is 0 Å². The van der Waals surface area contributed by atoms with E-state index in [9.17, 15) is 0 Å². The summed E-state index contributed by atoms with van der Waals surface area (Å²) in [5.41, 5.74) is 0. The number of hydrogen-bond acceptors (Lipinski definition) is 2. The molecule has 0 bridgehead atoms. The Kier molecular flexibility index (Phi) is 26.7. The van der Waals surface area contributed by atoms with Gasteiger partial charge in [-0.25, -0.2) is 0 Å². The Balaban J connectivity index is -0.000000144. The van der Waals surface area contributed by atoms with Crippen molar-refractivity contribution >= 4 is 37.2 Å². The minimum atomic E-state index is -3.11. The molecule has 0 saturated heterocycles. The van der Waals surface area contributed by atoms with Crippen LogP contribution in [0.3, 0.4) is 0 Å². The molecule has 0 aliphatic rings. The van der Waals surface area contributed by atoms with Crippen LogP contribution in [0.5, 0.6) is 0 Å². The maximum atomic E-state index is 5.01. The molecule has 0 unspecified atom stereocenters. The summed E-state index contributed by atoms with van der Waals surface area (Å²) in [7, 11) is 20.1. The summed E-state index contributed by atoms with van der Waals surface area (Å²) >= 11 is -3.11. The van der Waals surface area contributed by atoms with E-state index < -0.39 is 12.3 Å². The van der Waals surface area contributed by atoms with Crippen molar-refractivity contribution in [1.29, 1.82) is 0 Å². The first-order valence-electron chi connectivity index (χ1n) is 4.74. The van der Waals surface area contributed by atoms with Gasteiger partial charge >= 0.3 is 49.6 Å². The predicted octanol–water partition coefficient (Wildman–Crippen LogP) is 4.84. The van der Waals surface area contributed by atoms with Gasteiger partial charge in [0.05, 0.1) is 0 Å². The summed E-state index contributed by atoms with van der Waals surface area (Å²) in [6.45, 7) is 11.3. The van der Waals surface area contributed by atoms with Gasteiger partial charge in [0.1, 0.15) is 0 Å². The van der Waals surface area contributed by atoms with Crippen LogP contribution in [0.1, 0.15) is 27.7 Å². The quantitative estimate of drug-likeness (QED) is 0.683. The van der Waals surface area contributed by atoms with E-state index in [1.54, 1.807) is 0 Å². The van der Waals surface area contributed by atoms with Gasteiger partial charge in [-0.2, -0.15) is 0 Å². The molecule has 0 atom stereocenters. The number of rotatable bonds is 4. The molecule has 0 rings (SSSR count). The fourth-order valence-corrected chi connectivity index (χ4v) is 0.408. The molecule has 0 saturated carbocycles. The molecular formula is C8H20Cl4O2Ti. The molecule has 0 aliphatic heterocycles. The molecule has 0 spiro atoms. The molecule has 0 fully saturated rings. The van der Waals surface area contributed by atoms with E-state index in [-0.39, 0.29) is 0 Å². The SMILES string of the molecule is CCOCC.CCOCC.[Cl][Ti]([Cl])([Cl])[Cl]. The first kappa shape index (κ1) is 22.0. The van der Waals surface area contributed by atoms with Crippen LogP contribution in [0.15, 0.2) is 0 Å². The molecule has 0 heterocycles. The molecule has 0 aromatic heterocycles. The Hall–Kier alpha value is 1.79. The van der Waals surface area contributed by atoms with Gasteiger partial charge in [-0.15, -0.1) is 0 Å². The molecule has 96 valence electrons. The average molecular weight is 338 g/mol. The van der Waals surface area contributed by atoms with Gasteiger partial charge in [-0.3, -0.25) is 0 Å². The summed E-state index contributed by atoms with van der Waals surface area (Å²) in [5.74, 6) is 0. The van der Waals surface area contributed by atoms with Crippen LogP contribution < -0.4 is 0 Å². The van der Waals surface area contributed by atoms with Crippen molar-refractivity contribution in [3.05, 3.63) is 0 Å².